The van der Waals surface area contributed by atoms with Crippen molar-refractivity contribution in [2.75, 3.05) is 0 Å². The lowest BCUT2D eigenvalue weighted by Crippen LogP contribution is -2.19. The van der Waals surface area contributed by atoms with Gasteiger partial charge in [-0.15, -0.1) is 0 Å². The molecule has 0 aliphatic heterocycles. The average molecular weight is 298 g/mol. The summed E-state index contributed by atoms with van der Waals surface area (Å²) in [5.74, 6) is 0. The molecule has 114 valence electrons. The van der Waals surface area contributed by atoms with Gasteiger partial charge in [-0.3, -0.25) is 4.18 Å². The highest BCUT2D eigenvalue weighted by atomic mass is 32.2. The first kappa shape index (κ1) is 17.2. The Labute approximate surface area is 123 Å². The zero-order chi connectivity index (χ0) is 14.8. The molecule has 0 bridgehead atoms. The van der Waals surface area contributed by atoms with Gasteiger partial charge < -0.3 is 0 Å². The highest BCUT2D eigenvalue weighted by molar-refractivity contribution is 7.86. The molecule has 0 aliphatic carbocycles. The van der Waals surface area contributed by atoms with E-state index in [4.69, 9.17) is 4.18 Å². The van der Waals surface area contributed by atoms with Crippen molar-refractivity contribution in [2.45, 2.75) is 69.8 Å². The van der Waals surface area contributed by atoms with E-state index >= 15 is 0 Å². The maximum Gasteiger partial charge on any atom is 0.297 e. The molecule has 0 heterocycles. The number of rotatable bonds is 10. The van der Waals surface area contributed by atoms with Crippen LogP contribution in [0.1, 0.15) is 58.8 Å². The minimum Gasteiger partial charge on any atom is -0.263 e. The van der Waals surface area contributed by atoms with Crippen LogP contribution in [0.2, 0.25) is 0 Å². The largest absolute Gasteiger partial charge is 0.297 e. The molecule has 0 amide bonds. The zero-order valence-corrected chi connectivity index (χ0v) is 13.4. The highest BCUT2D eigenvalue weighted by Gasteiger charge is 2.20. The Balaban J connectivity index is 2.67. The third-order valence-electron chi connectivity index (χ3n) is 3.30. The maximum absolute atomic E-state index is 12.2. The quantitative estimate of drug-likeness (QED) is 0.471. The molecule has 0 saturated carbocycles. The minimum atomic E-state index is -3.63. The molecule has 20 heavy (non-hydrogen) atoms. The van der Waals surface area contributed by atoms with Gasteiger partial charge in [-0.2, -0.15) is 8.42 Å². The van der Waals surface area contributed by atoms with Crippen molar-refractivity contribution in [1.82, 2.24) is 0 Å². The Morgan fingerprint density at radius 1 is 0.950 bits per heavy atom. The van der Waals surface area contributed by atoms with Crippen LogP contribution in [0.25, 0.3) is 0 Å². The van der Waals surface area contributed by atoms with E-state index in [1.54, 1.807) is 30.3 Å². The summed E-state index contributed by atoms with van der Waals surface area (Å²) >= 11 is 0. The van der Waals surface area contributed by atoms with Crippen LogP contribution in [0.4, 0.5) is 0 Å². The SMILES string of the molecule is CCCCCC(CCCC)OS(=O)(=O)c1ccccc1. The lowest BCUT2D eigenvalue weighted by atomic mass is 10.1. The molecule has 0 spiro atoms. The predicted molar refractivity (Wildman–Crippen MR) is 82.2 cm³/mol. The fourth-order valence-electron chi connectivity index (χ4n) is 2.12. The van der Waals surface area contributed by atoms with E-state index in [9.17, 15) is 8.42 Å². The Morgan fingerprint density at radius 2 is 1.55 bits per heavy atom. The number of unbranched alkanes of at least 4 members (excludes halogenated alkanes) is 3. The Bertz CT molecular complexity index is 454. The average Bonchev–Trinajstić information content (AvgIpc) is 2.45. The van der Waals surface area contributed by atoms with Crippen LogP contribution in [0.5, 0.6) is 0 Å². The van der Waals surface area contributed by atoms with Gasteiger partial charge in [0.1, 0.15) is 0 Å². The second-order valence-electron chi connectivity index (χ2n) is 5.12. The maximum atomic E-state index is 12.2. The van der Waals surface area contributed by atoms with Gasteiger partial charge in [0.15, 0.2) is 0 Å². The van der Waals surface area contributed by atoms with Crippen molar-refractivity contribution in [1.29, 1.82) is 0 Å². The molecule has 1 atom stereocenters. The number of hydrogen-bond acceptors (Lipinski definition) is 3. The molecule has 0 aromatic heterocycles. The topological polar surface area (TPSA) is 43.4 Å². The summed E-state index contributed by atoms with van der Waals surface area (Å²) in [6.45, 7) is 4.25. The fourth-order valence-corrected chi connectivity index (χ4v) is 3.27. The van der Waals surface area contributed by atoms with Gasteiger partial charge in [-0.05, 0) is 25.0 Å². The number of benzene rings is 1. The van der Waals surface area contributed by atoms with Gasteiger partial charge in [0.2, 0.25) is 0 Å². The molecule has 3 nitrogen and oxygen atoms in total. The summed E-state index contributed by atoms with van der Waals surface area (Å²) in [5, 5.41) is 0. The molecule has 0 saturated heterocycles. The van der Waals surface area contributed by atoms with E-state index in [1.807, 2.05) is 0 Å². The second kappa shape index (κ2) is 9.14. The van der Waals surface area contributed by atoms with Crippen molar-refractivity contribution in [3.63, 3.8) is 0 Å². The monoisotopic (exact) mass is 298 g/mol. The van der Waals surface area contributed by atoms with Gasteiger partial charge in [0, 0.05) is 0 Å². The van der Waals surface area contributed by atoms with Crippen LogP contribution >= 0.6 is 0 Å². The summed E-state index contributed by atoms with van der Waals surface area (Å²) in [6, 6.07) is 8.40. The molecule has 0 fully saturated rings. The van der Waals surface area contributed by atoms with Crippen LogP contribution in [0, 0.1) is 0 Å². The van der Waals surface area contributed by atoms with E-state index in [0.29, 0.717) is 0 Å². The summed E-state index contributed by atoms with van der Waals surface area (Å²) in [6.07, 6.45) is 6.77. The molecule has 0 aliphatic rings. The summed E-state index contributed by atoms with van der Waals surface area (Å²) in [7, 11) is -3.63. The normalized spacial score (nSPS) is 13.3. The third-order valence-corrected chi connectivity index (χ3v) is 4.68. The first-order valence-corrected chi connectivity index (χ1v) is 8.99. The molecule has 1 aromatic carbocycles. The summed E-state index contributed by atoms with van der Waals surface area (Å²) in [4.78, 5) is 0.247. The Kier molecular flexibility index (Phi) is 7.85. The first-order chi connectivity index (χ1) is 9.60. The smallest absolute Gasteiger partial charge is 0.263 e. The van der Waals surface area contributed by atoms with Gasteiger partial charge >= 0.3 is 0 Å². The molecule has 1 rings (SSSR count). The predicted octanol–water partition coefficient (Wildman–Crippen LogP) is 4.53. The lowest BCUT2D eigenvalue weighted by molar-refractivity contribution is 0.181. The molecular weight excluding hydrogens is 272 g/mol. The zero-order valence-electron chi connectivity index (χ0n) is 12.5. The van der Waals surface area contributed by atoms with Gasteiger partial charge in [0.25, 0.3) is 10.1 Å². The molecule has 1 unspecified atom stereocenters. The van der Waals surface area contributed by atoms with Crippen LogP contribution in [0.15, 0.2) is 35.2 Å². The van der Waals surface area contributed by atoms with Crippen molar-refractivity contribution in [2.24, 2.45) is 0 Å². The van der Waals surface area contributed by atoms with Crippen molar-refractivity contribution in [3.8, 4) is 0 Å². The van der Waals surface area contributed by atoms with E-state index in [0.717, 1.165) is 44.9 Å². The lowest BCUT2D eigenvalue weighted by Gasteiger charge is -2.17. The summed E-state index contributed by atoms with van der Waals surface area (Å²) in [5.41, 5.74) is 0. The molecule has 1 aromatic rings. The third kappa shape index (κ3) is 6.06. The van der Waals surface area contributed by atoms with E-state index in [2.05, 4.69) is 13.8 Å². The van der Waals surface area contributed by atoms with Crippen LogP contribution in [0.3, 0.4) is 0 Å². The van der Waals surface area contributed by atoms with Gasteiger partial charge in [0.05, 0.1) is 11.0 Å². The fraction of sp³-hybridized carbons (Fsp3) is 0.625. The van der Waals surface area contributed by atoms with Gasteiger partial charge in [-0.1, -0.05) is 64.2 Å². The van der Waals surface area contributed by atoms with Crippen LogP contribution < -0.4 is 0 Å². The van der Waals surface area contributed by atoms with Crippen molar-refractivity contribution >= 4 is 10.1 Å². The van der Waals surface area contributed by atoms with Crippen LogP contribution in [-0.4, -0.2) is 14.5 Å². The van der Waals surface area contributed by atoms with Gasteiger partial charge in [-0.25, -0.2) is 0 Å². The molecule has 4 heteroatoms. The number of hydrogen-bond donors (Lipinski definition) is 0. The standard InChI is InChI=1S/C16H26O3S/c1-3-5-8-12-15(11-6-4-2)19-20(17,18)16-13-9-7-10-14-16/h7,9-10,13-15H,3-6,8,11-12H2,1-2H3. The molecule has 0 N–H and O–H groups in total. The first-order valence-electron chi connectivity index (χ1n) is 7.58. The van der Waals surface area contributed by atoms with Crippen molar-refractivity contribution in [3.05, 3.63) is 30.3 Å². The summed E-state index contributed by atoms with van der Waals surface area (Å²) < 4.78 is 29.9. The van der Waals surface area contributed by atoms with E-state index < -0.39 is 10.1 Å². The molecular formula is C16H26O3S. The Hall–Kier alpha value is -0.870. The molecule has 0 radical (unpaired) electrons. The second-order valence-corrected chi connectivity index (χ2v) is 6.70. The Morgan fingerprint density at radius 3 is 2.15 bits per heavy atom. The van der Waals surface area contributed by atoms with E-state index in [-0.39, 0.29) is 11.0 Å². The van der Waals surface area contributed by atoms with E-state index in [1.165, 1.54) is 0 Å². The van der Waals surface area contributed by atoms with Crippen LogP contribution in [-0.2, 0) is 14.3 Å². The van der Waals surface area contributed by atoms with Crippen molar-refractivity contribution < 1.29 is 12.6 Å². The highest BCUT2D eigenvalue weighted by Crippen LogP contribution is 2.20. The minimum absolute atomic E-state index is 0.188.